The van der Waals surface area contributed by atoms with Crippen LogP contribution >= 0.6 is 0 Å². The van der Waals surface area contributed by atoms with Crippen LogP contribution in [0, 0.1) is 13.8 Å². The molecule has 1 saturated heterocycles. The molecule has 0 unspecified atom stereocenters. The summed E-state index contributed by atoms with van der Waals surface area (Å²) in [7, 11) is 0. The molecular formula is C17H25N3O3. The van der Waals surface area contributed by atoms with Crippen molar-refractivity contribution in [1.82, 2.24) is 15.1 Å². The van der Waals surface area contributed by atoms with Gasteiger partial charge in [-0.05, 0) is 37.1 Å². The Morgan fingerprint density at radius 2 is 1.74 bits per heavy atom. The Labute approximate surface area is 137 Å². The van der Waals surface area contributed by atoms with E-state index in [0.29, 0.717) is 39.3 Å². The number of benzene rings is 1. The molecule has 0 aliphatic carbocycles. The second kappa shape index (κ2) is 7.85. The van der Waals surface area contributed by atoms with Crippen LogP contribution in [0.2, 0.25) is 0 Å². The Morgan fingerprint density at radius 3 is 2.35 bits per heavy atom. The quantitative estimate of drug-likeness (QED) is 0.857. The van der Waals surface area contributed by atoms with E-state index in [0.717, 1.165) is 5.75 Å². The molecule has 0 bridgehead atoms. The highest BCUT2D eigenvalue weighted by Gasteiger charge is 2.21. The number of hydrogen-bond acceptors (Lipinski definition) is 3. The second-order valence-electron chi connectivity index (χ2n) is 5.82. The number of nitrogens with zero attached hydrogens (tertiary/aromatic N) is 2. The monoisotopic (exact) mass is 319 g/mol. The van der Waals surface area contributed by atoms with Gasteiger partial charge in [-0.2, -0.15) is 0 Å². The first kappa shape index (κ1) is 17.1. The lowest BCUT2D eigenvalue weighted by atomic mass is 10.1. The highest BCUT2D eigenvalue weighted by Crippen LogP contribution is 2.16. The first-order chi connectivity index (χ1) is 11.0. The zero-order chi connectivity index (χ0) is 16.8. The lowest BCUT2D eigenvalue weighted by Crippen LogP contribution is -2.53. The van der Waals surface area contributed by atoms with Crippen LogP contribution in [0.4, 0.5) is 4.79 Å². The third kappa shape index (κ3) is 4.87. The van der Waals surface area contributed by atoms with E-state index in [9.17, 15) is 9.59 Å². The molecule has 1 aromatic rings. The Bertz CT molecular complexity index is 566. The smallest absolute Gasteiger partial charge is 0.317 e. The molecule has 2 rings (SSSR count). The van der Waals surface area contributed by atoms with E-state index in [1.54, 1.807) is 16.7 Å². The van der Waals surface area contributed by atoms with E-state index in [1.165, 1.54) is 11.1 Å². The second-order valence-corrected chi connectivity index (χ2v) is 5.82. The molecule has 1 fully saturated rings. The van der Waals surface area contributed by atoms with Gasteiger partial charge in [0.1, 0.15) is 12.4 Å². The first-order valence-corrected chi connectivity index (χ1v) is 7.95. The number of amides is 3. The molecule has 0 atom stereocenters. The summed E-state index contributed by atoms with van der Waals surface area (Å²) in [6, 6.07) is 5.86. The fourth-order valence-corrected chi connectivity index (χ4v) is 2.47. The highest BCUT2D eigenvalue weighted by molar-refractivity contribution is 5.76. The number of hydrogen-bond donors (Lipinski definition) is 1. The number of rotatable bonds is 4. The number of nitrogens with one attached hydrogen (secondary N) is 1. The van der Waals surface area contributed by atoms with Crippen molar-refractivity contribution >= 4 is 11.9 Å². The largest absolute Gasteiger partial charge is 0.492 e. The maximum Gasteiger partial charge on any atom is 0.317 e. The van der Waals surface area contributed by atoms with Crippen molar-refractivity contribution in [2.24, 2.45) is 0 Å². The fourth-order valence-electron chi connectivity index (χ4n) is 2.47. The summed E-state index contributed by atoms with van der Waals surface area (Å²) >= 11 is 0. The fraction of sp³-hybridized carbons (Fsp3) is 0.529. The van der Waals surface area contributed by atoms with Crippen LogP contribution in [-0.4, -0.2) is 61.1 Å². The first-order valence-electron chi connectivity index (χ1n) is 7.95. The van der Waals surface area contributed by atoms with E-state index in [4.69, 9.17) is 4.74 Å². The average Bonchev–Trinajstić information content (AvgIpc) is 2.54. The van der Waals surface area contributed by atoms with Crippen molar-refractivity contribution in [2.45, 2.75) is 20.8 Å². The number of piperazine rings is 1. The zero-order valence-corrected chi connectivity index (χ0v) is 14.1. The molecule has 1 aliphatic rings. The molecule has 1 N–H and O–H groups in total. The molecular weight excluding hydrogens is 294 g/mol. The third-order valence-corrected chi connectivity index (χ3v) is 4.14. The maximum absolute atomic E-state index is 12.0. The minimum Gasteiger partial charge on any atom is -0.492 e. The van der Waals surface area contributed by atoms with E-state index in [2.05, 4.69) is 12.2 Å². The number of urea groups is 1. The van der Waals surface area contributed by atoms with Crippen LogP contribution in [-0.2, 0) is 4.79 Å². The van der Waals surface area contributed by atoms with Crippen LogP contribution in [0.1, 0.15) is 18.1 Å². The van der Waals surface area contributed by atoms with E-state index in [1.807, 2.05) is 25.1 Å². The Kier molecular flexibility index (Phi) is 5.84. The van der Waals surface area contributed by atoms with Gasteiger partial charge in [0.15, 0.2) is 0 Å². The molecule has 6 heteroatoms. The third-order valence-electron chi connectivity index (χ3n) is 4.14. The number of carbonyl (C=O) groups is 2. The van der Waals surface area contributed by atoms with Crippen molar-refractivity contribution in [3.05, 3.63) is 29.3 Å². The number of ether oxygens (including phenoxy) is 1. The van der Waals surface area contributed by atoms with Crippen LogP contribution in [0.5, 0.6) is 5.75 Å². The average molecular weight is 319 g/mol. The summed E-state index contributed by atoms with van der Waals surface area (Å²) in [5.74, 6) is 0.879. The normalized spacial score (nSPS) is 14.6. The predicted molar refractivity (Wildman–Crippen MR) is 88.6 cm³/mol. The standard InChI is InChI=1S/C17H25N3O3/c1-13-4-5-16(12-14(13)2)23-11-6-18-17(22)20-9-7-19(8-10-20)15(3)21/h4-5,12H,6-11H2,1-3H3,(H,18,22). The predicted octanol–water partition coefficient (Wildman–Crippen LogP) is 1.56. The molecule has 0 radical (unpaired) electrons. The SMILES string of the molecule is CC(=O)N1CCN(C(=O)NCCOc2ccc(C)c(C)c2)CC1. The van der Waals surface area contributed by atoms with Gasteiger partial charge in [-0.1, -0.05) is 6.07 Å². The highest BCUT2D eigenvalue weighted by atomic mass is 16.5. The van der Waals surface area contributed by atoms with Crippen molar-refractivity contribution in [1.29, 1.82) is 0 Å². The summed E-state index contributed by atoms with van der Waals surface area (Å²) in [4.78, 5) is 26.8. The van der Waals surface area contributed by atoms with Crippen molar-refractivity contribution in [3.63, 3.8) is 0 Å². The van der Waals surface area contributed by atoms with Crippen LogP contribution < -0.4 is 10.1 Å². The molecule has 6 nitrogen and oxygen atoms in total. The van der Waals surface area contributed by atoms with E-state index in [-0.39, 0.29) is 11.9 Å². The van der Waals surface area contributed by atoms with Crippen molar-refractivity contribution in [3.8, 4) is 5.75 Å². The summed E-state index contributed by atoms with van der Waals surface area (Å²) in [6.45, 7) is 8.90. The molecule has 23 heavy (non-hydrogen) atoms. The molecule has 1 aliphatic heterocycles. The molecule has 3 amide bonds. The van der Waals surface area contributed by atoms with Crippen LogP contribution in [0.15, 0.2) is 18.2 Å². The topological polar surface area (TPSA) is 61.9 Å². The van der Waals surface area contributed by atoms with Crippen LogP contribution in [0.25, 0.3) is 0 Å². The van der Waals surface area contributed by atoms with E-state index >= 15 is 0 Å². The Morgan fingerprint density at radius 1 is 1.09 bits per heavy atom. The molecule has 0 saturated carbocycles. The minimum atomic E-state index is -0.100. The number of carbonyl (C=O) groups excluding carboxylic acids is 2. The van der Waals surface area contributed by atoms with Gasteiger partial charge in [0.25, 0.3) is 0 Å². The van der Waals surface area contributed by atoms with Crippen molar-refractivity contribution in [2.75, 3.05) is 39.3 Å². The zero-order valence-electron chi connectivity index (χ0n) is 14.1. The molecule has 126 valence electrons. The summed E-state index contributed by atoms with van der Waals surface area (Å²) in [6.07, 6.45) is 0. The summed E-state index contributed by atoms with van der Waals surface area (Å²) < 4.78 is 5.64. The van der Waals surface area contributed by atoms with Gasteiger partial charge in [-0.25, -0.2) is 4.79 Å². The Balaban J connectivity index is 1.67. The van der Waals surface area contributed by atoms with Gasteiger partial charge in [0.05, 0.1) is 6.54 Å². The van der Waals surface area contributed by atoms with Crippen LogP contribution in [0.3, 0.4) is 0 Å². The van der Waals surface area contributed by atoms with Gasteiger partial charge in [-0.3, -0.25) is 4.79 Å². The van der Waals surface area contributed by atoms with E-state index < -0.39 is 0 Å². The van der Waals surface area contributed by atoms with Gasteiger partial charge < -0.3 is 19.9 Å². The maximum atomic E-state index is 12.0. The lowest BCUT2D eigenvalue weighted by molar-refractivity contribution is -0.130. The number of aryl methyl sites for hydroxylation is 2. The lowest BCUT2D eigenvalue weighted by Gasteiger charge is -2.34. The Hall–Kier alpha value is -2.24. The van der Waals surface area contributed by atoms with Gasteiger partial charge >= 0.3 is 6.03 Å². The molecule has 0 spiro atoms. The van der Waals surface area contributed by atoms with Gasteiger partial charge in [-0.15, -0.1) is 0 Å². The summed E-state index contributed by atoms with van der Waals surface area (Å²) in [5.41, 5.74) is 2.42. The summed E-state index contributed by atoms with van der Waals surface area (Å²) in [5, 5.41) is 2.85. The molecule has 0 aromatic heterocycles. The van der Waals surface area contributed by atoms with Gasteiger partial charge in [0.2, 0.25) is 5.91 Å². The van der Waals surface area contributed by atoms with Crippen molar-refractivity contribution < 1.29 is 14.3 Å². The molecule has 1 heterocycles. The minimum absolute atomic E-state index is 0.0619. The van der Waals surface area contributed by atoms with Gasteiger partial charge in [0, 0.05) is 33.1 Å². The molecule has 1 aromatic carbocycles.